The highest BCUT2D eigenvalue weighted by molar-refractivity contribution is 6.30. The fraction of sp³-hybridized carbons (Fsp3) is 0.353. The van der Waals surface area contributed by atoms with E-state index in [1.165, 1.54) is 0 Å². The molecule has 1 heterocycles. The molecular weight excluding hydrogens is 300 g/mol. The smallest absolute Gasteiger partial charge is 0.254 e. The summed E-state index contributed by atoms with van der Waals surface area (Å²) in [5.41, 5.74) is 0.806. The van der Waals surface area contributed by atoms with E-state index in [0.29, 0.717) is 5.02 Å². The van der Waals surface area contributed by atoms with Crippen molar-refractivity contribution in [2.75, 3.05) is 0 Å². The standard InChI is InChI=1S/C17H15ClN2O2/c18-13-7-1-10(2-8-13)9-19-20-16(21)14-11-3-4-12(6-5-11)15(14)17(20)22/h1-4,7-9,11-12,14-15H,5-6H2/b19-9-/t11-,12-,14-,15+/m0/s1. The number of fused-ring (bicyclic) bond motifs is 1. The van der Waals surface area contributed by atoms with Gasteiger partial charge in [0, 0.05) is 5.02 Å². The second kappa shape index (κ2) is 5.06. The second-order valence-corrected chi connectivity index (χ2v) is 6.56. The van der Waals surface area contributed by atoms with Crippen LogP contribution in [0, 0.1) is 23.7 Å². The lowest BCUT2D eigenvalue weighted by atomic mass is 9.63. The fourth-order valence-electron chi connectivity index (χ4n) is 3.85. The number of amides is 2. The number of carbonyl (C=O) groups is 2. The summed E-state index contributed by atoms with van der Waals surface area (Å²) in [6.07, 6.45) is 7.74. The van der Waals surface area contributed by atoms with Crippen molar-refractivity contribution in [3.8, 4) is 0 Å². The van der Waals surface area contributed by atoms with Gasteiger partial charge in [-0.05, 0) is 42.4 Å². The average Bonchev–Trinajstić information content (AvgIpc) is 2.82. The molecule has 4 atom stereocenters. The molecule has 22 heavy (non-hydrogen) atoms. The fourth-order valence-corrected chi connectivity index (χ4v) is 3.97. The monoisotopic (exact) mass is 314 g/mol. The first-order valence-electron chi connectivity index (χ1n) is 7.51. The van der Waals surface area contributed by atoms with Crippen LogP contribution in [-0.2, 0) is 9.59 Å². The van der Waals surface area contributed by atoms with Gasteiger partial charge in [-0.3, -0.25) is 9.59 Å². The maximum atomic E-state index is 12.6. The van der Waals surface area contributed by atoms with Crippen LogP contribution >= 0.6 is 11.6 Å². The lowest BCUT2D eigenvalue weighted by molar-refractivity contribution is -0.140. The minimum atomic E-state index is -0.210. The molecular formula is C17H15ClN2O2. The van der Waals surface area contributed by atoms with Crippen LogP contribution in [-0.4, -0.2) is 23.0 Å². The summed E-state index contributed by atoms with van der Waals surface area (Å²) in [4.78, 5) is 25.1. The predicted octanol–water partition coefficient (Wildman–Crippen LogP) is 2.87. The van der Waals surface area contributed by atoms with E-state index in [-0.39, 0.29) is 35.5 Å². The van der Waals surface area contributed by atoms with Crippen LogP contribution in [0.5, 0.6) is 0 Å². The third kappa shape index (κ3) is 2.02. The molecule has 0 aromatic heterocycles. The first kappa shape index (κ1) is 13.7. The van der Waals surface area contributed by atoms with E-state index in [9.17, 15) is 9.59 Å². The van der Waals surface area contributed by atoms with Crippen LogP contribution in [0.25, 0.3) is 0 Å². The first-order chi connectivity index (χ1) is 10.6. The number of rotatable bonds is 2. The molecule has 112 valence electrons. The maximum Gasteiger partial charge on any atom is 0.254 e. The Morgan fingerprint density at radius 3 is 2.05 bits per heavy atom. The molecule has 0 spiro atoms. The maximum absolute atomic E-state index is 12.6. The zero-order chi connectivity index (χ0) is 15.3. The molecule has 1 aromatic carbocycles. The minimum absolute atomic E-state index is 0.153. The molecule has 2 fully saturated rings. The van der Waals surface area contributed by atoms with Crippen LogP contribution in [0.2, 0.25) is 5.02 Å². The molecule has 0 unspecified atom stereocenters. The summed E-state index contributed by atoms with van der Waals surface area (Å²) in [6.45, 7) is 0. The van der Waals surface area contributed by atoms with Gasteiger partial charge in [-0.15, -0.1) is 0 Å². The molecule has 2 amide bonds. The first-order valence-corrected chi connectivity index (χ1v) is 7.88. The van der Waals surface area contributed by atoms with Gasteiger partial charge in [0.2, 0.25) is 0 Å². The molecule has 1 saturated heterocycles. The van der Waals surface area contributed by atoms with Crippen LogP contribution in [0.15, 0.2) is 41.5 Å². The molecule has 5 heteroatoms. The van der Waals surface area contributed by atoms with Gasteiger partial charge in [0.25, 0.3) is 11.8 Å². The van der Waals surface area contributed by atoms with Crippen molar-refractivity contribution in [3.05, 3.63) is 47.0 Å². The zero-order valence-corrected chi connectivity index (χ0v) is 12.6. The van der Waals surface area contributed by atoms with Gasteiger partial charge >= 0.3 is 0 Å². The molecule has 1 aromatic rings. The van der Waals surface area contributed by atoms with E-state index in [2.05, 4.69) is 17.3 Å². The topological polar surface area (TPSA) is 49.7 Å². The number of hydrogen-bond donors (Lipinski definition) is 0. The van der Waals surface area contributed by atoms with Crippen LogP contribution < -0.4 is 0 Å². The Hall–Kier alpha value is -1.94. The van der Waals surface area contributed by atoms with Crippen molar-refractivity contribution < 1.29 is 9.59 Å². The number of imide groups is 1. The van der Waals surface area contributed by atoms with Gasteiger partial charge in [-0.2, -0.15) is 10.1 Å². The average molecular weight is 315 g/mol. The van der Waals surface area contributed by atoms with Crippen molar-refractivity contribution in [2.45, 2.75) is 12.8 Å². The van der Waals surface area contributed by atoms with E-state index < -0.39 is 0 Å². The highest BCUT2D eigenvalue weighted by Crippen LogP contribution is 2.49. The molecule has 1 saturated carbocycles. The number of nitrogens with zero attached hydrogens (tertiary/aromatic N) is 2. The van der Waals surface area contributed by atoms with Crippen LogP contribution in [0.4, 0.5) is 0 Å². The third-order valence-electron chi connectivity index (χ3n) is 4.93. The van der Waals surface area contributed by atoms with Crippen LogP contribution in [0.1, 0.15) is 18.4 Å². The molecule has 5 rings (SSSR count). The predicted molar refractivity (Wildman–Crippen MR) is 83.2 cm³/mol. The van der Waals surface area contributed by atoms with Crippen LogP contribution in [0.3, 0.4) is 0 Å². The number of hydrazone groups is 1. The Balaban J connectivity index is 1.60. The summed E-state index contributed by atoms with van der Waals surface area (Å²) in [5.74, 6) is -0.333. The van der Waals surface area contributed by atoms with Gasteiger partial charge in [0.05, 0.1) is 18.1 Å². The van der Waals surface area contributed by atoms with E-state index in [1.54, 1.807) is 30.5 Å². The Labute approximate surface area is 133 Å². The van der Waals surface area contributed by atoms with Gasteiger partial charge in [0.15, 0.2) is 0 Å². The summed E-state index contributed by atoms with van der Waals surface area (Å²) >= 11 is 5.84. The highest BCUT2D eigenvalue weighted by atomic mass is 35.5. The molecule has 0 N–H and O–H groups in total. The van der Waals surface area contributed by atoms with E-state index in [4.69, 9.17) is 11.6 Å². The Morgan fingerprint density at radius 1 is 1.00 bits per heavy atom. The summed E-state index contributed by atoms with van der Waals surface area (Å²) in [7, 11) is 0. The molecule has 1 aliphatic heterocycles. The number of benzene rings is 1. The number of carbonyl (C=O) groups excluding carboxylic acids is 2. The largest absolute Gasteiger partial charge is 0.272 e. The van der Waals surface area contributed by atoms with Crippen molar-refractivity contribution >= 4 is 29.6 Å². The molecule has 0 radical (unpaired) electrons. The lowest BCUT2D eigenvalue weighted by Gasteiger charge is -2.37. The second-order valence-electron chi connectivity index (χ2n) is 6.13. The Morgan fingerprint density at radius 2 is 1.55 bits per heavy atom. The highest BCUT2D eigenvalue weighted by Gasteiger charge is 2.56. The van der Waals surface area contributed by atoms with Crippen molar-refractivity contribution in [1.82, 2.24) is 5.01 Å². The molecule has 2 bridgehead atoms. The Bertz CT molecular complexity index is 663. The number of hydrogen-bond acceptors (Lipinski definition) is 3. The minimum Gasteiger partial charge on any atom is -0.272 e. The summed E-state index contributed by atoms with van der Waals surface area (Å²) < 4.78 is 0. The normalized spacial score (nSPS) is 33.0. The molecule has 4 nitrogen and oxygen atoms in total. The van der Waals surface area contributed by atoms with Gasteiger partial charge in [-0.1, -0.05) is 35.9 Å². The quantitative estimate of drug-likeness (QED) is 0.479. The Kier molecular flexibility index (Phi) is 3.15. The lowest BCUT2D eigenvalue weighted by Crippen LogP contribution is -2.38. The zero-order valence-electron chi connectivity index (χ0n) is 11.9. The summed E-state index contributed by atoms with van der Waals surface area (Å²) in [5, 5.41) is 5.85. The van der Waals surface area contributed by atoms with E-state index in [1.807, 2.05) is 0 Å². The van der Waals surface area contributed by atoms with Crippen molar-refractivity contribution in [3.63, 3.8) is 0 Å². The van der Waals surface area contributed by atoms with E-state index in [0.717, 1.165) is 23.4 Å². The van der Waals surface area contributed by atoms with Crippen molar-refractivity contribution in [2.24, 2.45) is 28.8 Å². The third-order valence-corrected chi connectivity index (χ3v) is 5.18. The van der Waals surface area contributed by atoms with Gasteiger partial charge < -0.3 is 0 Å². The van der Waals surface area contributed by atoms with Gasteiger partial charge in [-0.25, -0.2) is 0 Å². The summed E-state index contributed by atoms with van der Waals surface area (Å²) in [6, 6.07) is 7.10. The van der Waals surface area contributed by atoms with Gasteiger partial charge in [0.1, 0.15) is 0 Å². The molecule has 3 aliphatic carbocycles. The number of halogens is 1. The molecule has 4 aliphatic rings. The van der Waals surface area contributed by atoms with E-state index >= 15 is 0 Å². The number of allylic oxidation sites excluding steroid dienone is 2. The van der Waals surface area contributed by atoms with Crippen molar-refractivity contribution in [1.29, 1.82) is 0 Å². The SMILES string of the molecule is O=C1[C@@H]2[C@H](C(=O)N1/N=C\c1ccc(Cl)cc1)[C@H]1C=C[C@H]2CC1.